The van der Waals surface area contributed by atoms with Gasteiger partial charge in [0, 0.05) is 5.75 Å². The van der Waals surface area contributed by atoms with Crippen LogP contribution in [-0.4, -0.2) is 5.75 Å². The molecule has 0 aliphatic carbocycles. The topological polar surface area (TPSA) is 23.8 Å². The summed E-state index contributed by atoms with van der Waals surface area (Å²) in [4.78, 5) is 0. The number of rotatable bonds is 4. The van der Waals surface area contributed by atoms with Gasteiger partial charge in [0.15, 0.2) is 0 Å². The molecule has 0 unspecified atom stereocenters. The summed E-state index contributed by atoms with van der Waals surface area (Å²) >= 11 is 1.22. The highest BCUT2D eigenvalue weighted by atomic mass is 32.2. The summed E-state index contributed by atoms with van der Waals surface area (Å²) in [5.41, 5.74) is 2.87. The Kier molecular flexibility index (Phi) is 4.64. The van der Waals surface area contributed by atoms with Gasteiger partial charge in [0.1, 0.15) is 11.2 Å². The number of hydrogen-bond acceptors (Lipinski definition) is 2. The Morgan fingerprint density at radius 2 is 2.00 bits per heavy atom. The molecule has 1 aromatic rings. The zero-order chi connectivity index (χ0) is 11.3. The molecule has 0 saturated carbocycles. The van der Waals surface area contributed by atoms with Crippen LogP contribution in [0.4, 0.5) is 4.39 Å². The van der Waals surface area contributed by atoms with Crippen molar-refractivity contribution in [2.75, 3.05) is 5.75 Å². The molecule has 0 bridgehead atoms. The average molecular weight is 223 g/mol. The van der Waals surface area contributed by atoms with E-state index in [1.807, 2.05) is 25.3 Å². The largest absolute Gasteiger partial charge is 0.207 e. The highest BCUT2D eigenvalue weighted by molar-refractivity contribution is 8.03. The Balaban J connectivity index is 2.62. The van der Waals surface area contributed by atoms with E-state index in [2.05, 4.69) is 0 Å². The lowest BCUT2D eigenvalue weighted by Gasteiger charge is -2.06. The van der Waals surface area contributed by atoms with Crippen molar-refractivity contribution in [3.63, 3.8) is 0 Å². The van der Waals surface area contributed by atoms with E-state index in [1.165, 1.54) is 11.8 Å². The van der Waals surface area contributed by atoms with Crippen LogP contribution in [0, 0.1) is 30.3 Å². The van der Waals surface area contributed by atoms with Crippen LogP contribution in [0.3, 0.4) is 0 Å². The van der Waals surface area contributed by atoms with E-state index in [0.717, 1.165) is 28.9 Å². The number of nitrogens with zero attached hydrogens (tertiary/aromatic N) is 1. The molecule has 3 heteroatoms. The molecule has 1 rings (SSSR count). The SMILES string of the molecule is Cc1cc(F)c(CCCSC#N)cc1C. The summed E-state index contributed by atoms with van der Waals surface area (Å²) in [7, 11) is 0. The number of hydrogen-bond donors (Lipinski definition) is 0. The van der Waals surface area contributed by atoms with E-state index in [9.17, 15) is 4.39 Å². The van der Waals surface area contributed by atoms with Crippen LogP contribution in [0.2, 0.25) is 0 Å². The summed E-state index contributed by atoms with van der Waals surface area (Å²) in [6.07, 6.45) is 1.55. The smallest absolute Gasteiger partial charge is 0.133 e. The lowest BCUT2D eigenvalue weighted by Crippen LogP contribution is -1.95. The van der Waals surface area contributed by atoms with Gasteiger partial charge in [0.2, 0.25) is 0 Å². The summed E-state index contributed by atoms with van der Waals surface area (Å²) in [6.45, 7) is 3.90. The molecule has 0 aliphatic rings. The Labute approximate surface area is 94.3 Å². The summed E-state index contributed by atoms with van der Waals surface area (Å²) in [5.74, 6) is 0.642. The molecular weight excluding hydrogens is 209 g/mol. The maximum Gasteiger partial charge on any atom is 0.133 e. The highest BCUT2D eigenvalue weighted by Gasteiger charge is 2.04. The number of benzene rings is 1. The third-order valence-electron chi connectivity index (χ3n) is 2.42. The first kappa shape index (κ1) is 12.1. The lowest BCUT2D eigenvalue weighted by atomic mass is 10.0. The molecule has 0 N–H and O–H groups in total. The van der Waals surface area contributed by atoms with E-state index in [4.69, 9.17) is 5.26 Å². The molecule has 0 aliphatic heterocycles. The monoisotopic (exact) mass is 223 g/mol. The Morgan fingerprint density at radius 1 is 1.33 bits per heavy atom. The third-order valence-corrected chi connectivity index (χ3v) is 3.04. The maximum absolute atomic E-state index is 13.5. The van der Waals surface area contributed by atoms with Crippen LogP contribution < -0.4 is 0 Å². The van der Waals surface area contributed by atoms with Crippen molar-refractivity contribution in [2.45, 2.75) is 26.7 Å². The average Bonchev–Trinajstić information content (AvgIpc) is 2.20. The van der Waals surface area contributed by atoms with E-state index in [0.29, 0.717) is 6.42 Å². The van der Waals surface area contributed by atoms with E-state index < -0.39 is 0 Å². The van der Waals surface area contributed by atoms with E-state index in [-0.39, 0.29) is 5.82 Å². The van der Waals surface area contributed by atoms with Crippen LogP contribution >= 0.6 is 11.8 Å². The fourth-order valence-corrected chi connectivity index (χ4v) is 1.79. The quantitative estimate of drug-likeness (QED) is 0.575. The summed E-state index contributed by atoms with van der Waals surface area (Å²) < 4.78 is 13.5. The van der Waals surface area contributed by atoms with Crippen molar-refractivity contribution in [3.05, 3.63) is 34.6 Å². The molecule has 0 radical (unpaired) electrons. The Hall–Kier alpha value is -1.01. The van der Waals surface area contributed by atoms with Gasteiger partial charge in [-0.3, -0.25) is 0 Å². The maximum atomic E-state index is 13.5. The zero-order valence-electron chi connectivity index (χ0n) is 9.01. The van der Waals surface area contributed by atoms with E-state index >= 15 is 0 Å². The zero-order valence-corrected chi connectivity index (χ0v) is 9.83. The number of aryl methyl sites for hydroxylation is 3. The normalized spacial score (nSPS) is 10.0. The molecule has 0 aromatic heterocycles. The van der Waals surface area contributed by atoms with Crippen molar-refractivity contribution in [3.8, 4) is 5.40 Å². The standard InChI is InChI=1S/C12H14FNS/c1-9-6-11(4-3-5-15-8-14)12(13)7-10(9)2/h6-7H,3-5H2,1-2H3. The molecule has 1 nitrogen and oxygen atoms in total. The van der Waals surface area contributed by atoms with Gasteiger partial charge in [0.25, 0.3) is 0 Å². The fourth-order valence-electron chi connectivity index (χ4n) is 1.41. The molecule has 0 fully saturated rings. The van der Waals surface area contributed by atoms with E-state index in [1.54, 1.807) is 6.07 Å². The Morgan fingerprint density at radius 3 is 2.67 bits per heavy atom. The van der Waals surface area contributed by atoms with Gasteiger partial charge in [-0.05, 0) is 61.2 Å². The van der Waals surface area contributed by atoms with Gasteiger partial charge >= 0.3 is 0 Å². The van der Waals surface area contributed by atoms with Gasteiger partial charge in [-0.2, -0.15) is 5.26 Å². The van der Waals surface area contributed by atoms with Crippen molar-refractivity contribution in [2.24, 2.45) is 0 Å². The van der Waals surface area contributed by atoms with Crippen molar-refractivity contribution in [1.29, 1.82) is 5.26 Å². The molecule has 1 aromatic carbocycles. The second-order valence-corrected chi connectivity index (χ2v) is 4.45. The highest BCUT2D eigenvalue weighted by Crippen LogP contribution is 2.16. The molecule has 15 heavy (non-hydrogen) atoms. The number of thioether (sulfide) groups is 1. The van der Waals surface area contributed by atoms with Gasteiger partial charge in [0.05, 0.1) is 0 Å². The van der Waals surface area contributed by atoms with Crippen molar-refractivity contribution >= 4 is 11.8 Å². The first-order valence-corrected chi connectivity index (χ1v) is 5.90. The number of halogens is 1. The molecule has 0 spiro atoms. The lowest BCUT2D eigenvalue weighted by molar-refractivity contribution is 0.606. The minimum Gasteiger partial charge on any atom is -0.207 e. The van der Waals surface area contributed by atoms with Crippen LogP contribution in [0.5, 0.6) is 0 Å². The van der Waals surface area contributed by atoms with Crippen LogP contribution in [0.1, 0.15) is 23.1 Å². The van der Waals surface area contributed by atoms with Gasteiger partial charge < -0.3 is 0 Å². The second-order valence-electron chi connectivity index (χ2n) is 3.57. The summed E-state index contributed by atoms with van der Waals surface area (Å²) in [5, 5.41) is 10.3. The van der Waals surface area contributed by atoms with Crippen LogP contribution in [0.25, 0.3) is 0 Å². The molecule has 0 atom stereocenters. The predicted octanol–water partition coefficient (Wildman–Crippen LogP) is 3.59. The van der Waals surface area contributed by atoms with Crippen molar-refractivity contribution < 1.29 is 4.39 Å². The fraction of sp³-hybridized carbons (Fsp3) is 0.417. The molecule has 0 amide bonds. The minimum atomic E-state index is -0.125. The Bertz CT molecular complexity index is 382. The van der Waals surface area contributed by atoms with Gasteiger partial charge in [-0.15, -0.1) is 0 Å². The molecular formula is C12H14FNS. The summed E-state index contributed by atoms with van der Waals surface area (Å²) in [6, 6.07) is 3.49. The first-order valence-electron chi connectivity index (χ1n) is 4.91. The number of nitriles is 1. The number of thiocyanates is 1. The third kappa shape index (κ3) is 3.56. The minimum absolute atomic E-state index is 0.125. The molecule has 0 heterocycles. The molecule has 80 valence electrons. The molecule has 0 saturated heterocycles. The second kappa shape index (κ2) is 5.77. The van der Waals surface area contributed by atoms with Gasteiger partial charge in [-0.25, -0.2) is 4.39 Å². The first-order chi connectivity index (χ1) is 7.15. The van der Waals surface area contributed by atoms with Crippen molar-refractivity contribution in [1.82, 2.24) is 0 Å². The van der Waals surface area contributed by atoms with Gasteiger partial charge in [-0.1, -0.05) is 6.07 Å². The predicted molar refractivity (Wildman–Crippen MR) is 62.3 cm³/mol. The van der Waals surface area contributed by atoms with Crippen LogP contribution in [0.15, 0.2) is 12.1 Å². The van der Waals surface area contributed by atoms with Crippen LogP contribution in [-0.2, 0) is 6.42 Å².